The number of nitrogen functional groups attached to an aromatic ring is 1. The third kappa shape index (κ3) is 2.38. The van der Waals surface area contributed by atoms with Gasteiger partial charge >= 0.3 is 0 Å². The third-order valence-corrected chi connectivity index (χ3v) is 3.66. The lowest BCUT2D eigenvalue weighted by Crippen LogP contribution is -2.05. The molecule has 2 aromatic heterocycles. The molecule has 2 rings (SSSR count). The quantitative estimate of drug-likeness (QED) is 0.925. The summed E-state index contributed by atoms with van der Waals surface area (Å²) in [6, 6.07) is 1.98. The Morgan fingerprint density at radius 2 is 2.06 bits per heavy atom. The van der Waals surface area contributed by atoms with Gasteiger partial charge in [-0.2, -0.15) is 9.97 Å². The zero-order valence-corrected chi connectivity index (χ0v) is 11.3. The van der Waals surface area contributed by atoms with Crippen molar-refractivity contribution in [3.8, 4) is 10.7 Å². The summed E-state index contributed by atoms with van der Waals surface area (Å²) >= 11 is 4.98. The molecule has 84 valence electrons. The van der Waals surface area contributed by atoms with Crippen molar-refractivity contribution in [2.24, 2.45) is 0 Å². The molecule has 0 fully saturated rings. The molecule has 0 atom stereocenters. The number of hydrogen-bond acceptors (Lipinski definition) is 5. The van der Waals surface area contributed by atoms with Gasteiger partial charge in [-0.25, -0.2) is 4.98 Å². The molecular weight excluding hydrogens is 288 g/mol. The van der Waals surface area contributed by atoms with Gasteiger partial charge in [0.2, 0.25) is 5.95 Å². The Morgan fingerprint density at radius 1 is 1.31 bits per heavy atom. The van der Waals surface area contributed by atoms with E-state index in [2.05, 4.69) is 30.9 Å². The molecule has 0 amide bonds. The zero-order chi connectivity index (χ0) is 11.7. The molecule has 2 aromatic rings. The minimum atomic E-state index is 0.243. The first-order valence-corrected chi connectivity index (χ1v) is 6.49. The van der Waals surface area contributed by atoms with Crippen LogP contribution in [-0.4, -0.2) is 15.0 Å². The topological polar surface area (TPSA) is 64.7 Å². The number of nitrogens with zero attached hydrogens (tertiary/aromatic N) is 3. The fourth-order valence-corrected chi connectivity index (χ4v) is 2.57. The van der Waals surface area contributed by atoms with Crippen LogP contribution in [0.5, 0.6) is 0 Å². The highest BCUT2D eigenvalue weighted by Gasteiger charge is 2.10. The first-order chi connectivity index (χ1) is 7.56. The average molecular weight is 299 g/mol. The van der Waals surface area contributed by atoms with Crippen molar-refractivity contribution >= 4 is 33.2 Å². The van der Waals surface area contributed by atoms with Crippen molar-refractivity contribution in [2.75, 3.05) is 5.73 Å². The van der Waals surface area contributed by atoms with Crippen LogP contribution in [-0.2, 0) is 0 Å². The van der Waals surface area contributed by atoms with Crippen LogP contribution in [0.1, 0.15) is 25.6 Å². The smallest absolute Gasteiger partial charge is 0.223 e. The van der Waals surface area contributed by atoms with Gasteiger partial charge in [-0.05, 0) is 22.0 Å². The molecule has 0 aliphatic heterocycles. The highest BCUT2D eigenvalue weighted by atomic mass is 79.9. The summed E-state index contributed by atoms with van der Waals surface area (Å²) in [5, 5.41) is 1.99. The number of rotatable bonds is 2. The van der Waals surface area contributed by atoms with Crippen molar-refractivity contribution in [1.82, 2.24) is 15.0 Å². The van der Waals surface area contributed by atoms with Gasteiger partial charge in [0.25, 0.3) is 0 Å². The molecule has 0 aliphatic carbocycles. The van der Waals surface area contributed by atoms with E-state index in [-0.39, 0.29) is 11.9 Å². The largest absolute Gasteiger partial charge is 0.368 e. The van der Waals surface area contributed by atoms with Gasteiger partial charge in [-0.3, -0.25) is 0 Å². The van der Waals surface area contributed by atoms with Crippen LogP contribution >= 0.6 is 27.3 Å². The molecule has 2 N–H and O–H groups in total. The summed E-state index contributed by atoms with van der Waals surface area (Å²) in [5.41, 5.74) is 5.67. The van der Waals surface area contributed by atoms with Crippen molar-refractivity contribution in [2.45, 2.75) is 19.8 Å². The SMILES string of the molecule is CC(C)c1nc(N)nc(-c2cc(Br)cs2)n1. The van der Waals surface area contributed by atoms with Crippen molar-refractivity contribution in [3.63, 3.8) is 0 Å². The number of thiophene rings is 1. The molecule has 0 unspecified atom stereocenters. The molecule has 0 saturated carbocycles. The molecule has 0 radical (unpaired) electrons. The average Bonchev–Trinajstić information content (AvgIpc) is 2.64. The fourth-order valence-electron chi connectivity index (χ4n) is 1.21. The van der Waals surface area contributed by atoms with Crippen LogP contribution in [0.15, 0.2) is 15.9 Å². The van der Waals surface area contributed by atoms with E-state index in [0.717, 1.165) is 15.2 Å². The molecular formula is C10H11BrN4S. The van der Waals surface area contributed by atoms with Gasteiger partial charge in [0.05, 0.1) is 4.88 Å². The van der Waals surface area contributed by atoms with Gasteiger partial charge in [0, 0.05) is 15.8 Å². The Kier molecular flexibility index (Phi) is 3.20. The summed E-state index contributed by atoms with van der Waals surface area (Å²) in [7, 11) is 0. The molecule has 16 heavy (non-hydrogen) atoms. The Balaban J connectivity index is 2.49. The van der Waals surface area contributed by atoms with E-state index >= 15 is 0 Å². The van der Waals surface area contributed by atoms with E-state index in [1.807, 2.05) is 25.3 Å². The van der Waals surface area contributed by atoms with Crippen molar-refractivity contribution in [3.05, 3.63) is 21.7 Å². The van der Waals surface area contributed by atoms with E-state index in [4.69, 9.17) is 5.73 Å². The van der Waals surface area contributed by atoms with E-state index in [1.165, 1.54) is 0 Å². The van der Waals surface area contributed by atoms with Crippen LogP contribution in [0.2, 0.25) is 0 Å². The number of anilines is 1. The highest BCUT2D eigenvalue weighted by molar-refractivity contribution is 9.10. The van der Waals surface area contributed by atoms with Gasteiger partial charge in [0.1, 0.15) is 5.82 Å². The second-order valence-electron chi connectivity index (χ2n) is 3.66. The van der Waals surface area contributed by atoms with Crippen LogP contribution < -0.4 is 5.73 Å². The third-order valence-electron chi connectivity index (χ3n) is 1.97. The minimum Gasteiger partial charge on any atom is -0.368 e. The first kappa shape index (κ1) is 11.5. The Bertz CT molecular complexity index is 509. The lowest BCUT2D eigenvalue weighted by molar-refractivity contribution is 0.767. The molecule has 6 heteroatoms. The Labute approximate surface area is 106 Å². The second kappa shape index (κ2) is 4.47. The number of aromatic nitrogens is 3. The predicted octanol–water partition coefficient (Wildman–Crippen LogP) is 3.07. The van der Waals surface area contributed by atoms with Gasteiger partial charge in [-0.1, -0.05) is 13.8 Å². The van der Waals surface area contributed by atoms with E-state index in [0.29, 0.717) is 5.82 Å². The monoisotopic (exact) mass is 298 g/mol. The summed E-state index contributed by atoms with van der Waals surface area (Å²) in [5.74, 6) is 1.89. The zero-order valence-electron chi connectivity index (χ0n) is 8.94. The lowest BCUT2D eigenvalue weighted by atomic mass is 10.2. The Hall–Kier alpha value is -1.01. The highest BCUT2D eigenvalue weighted by Crippen LogP contribution is 2.28. The molecule has 0 bridgehead atoms. The fraction of sp³-hybridized carbons (Fsp3) is 0.300. The second-order valence-corrected chi connectivity index (χ2v) is 5.49. The number of hydrogen-bond donors (Lipinski definition) is 1. The molecule has 2 heterocycles. The molecule has 0 aliphatic rings. The maximum atomic E-state index is 5.67. The summed E-state index contributed by atoms with van der Waals surface area (Å²) in [4.78, 5) is 13.7. The first-order valence-electron chi connectivity index (χ1n) is 4.82. The molecule has 0 spiro atoms. The lowest BCUT2D eigenvalue weighted by Gasteiger charge is -2.05. The number of halogens is 1. The molecule has 0 saturated heterocycles. The van der Waals surface area contributed by atoms with Gasteiger partial charge in [0.15, 0.2) is 5.82 Å². The number of nitrogens with two attached hydrogens (primary N) is 1. The maximum Gasteiger partial charge on any atom is 0.223 e. The van der Waals surface area contributed by atoms with Crippen LogP contribution in [0.4, 0.5) is 5.95 Å². The molecule has 0 aromatic carbocycles. The van der Waals surface area contributed by atoms with Crippen LogP contribution in [0.3, 0.4) is 0 Å². The van der Waals surface area contributed by atoms with Crippen molar-refractivity contribution in [1.29, 1.82) is 0 Å². The minimum absolute atomic E-state index is 0.243. The normalized spacial score (nSPS) is 11.0. The Morgan fingerprint density at radius 3 is 2.62 bits per heavy atom. The standard InChI is InChI=1S/C10H11BrN4S/c1-5(2)8-13-9(15-10(12)14-8)7-3-6(11)4-16-7/h3-5H,1-2H3,(H2,12,13,14,15). The maximum absolute atomic E-state index is 5.67. The van der Waals surface area contributed by atoms with Crippen LogP contribution in [0, 0.1) is 0 Å². The van der Waals surface area contributed by atoms with Gasteiger partial charge < -0.3 is 5.73 Å². The summed E-state index contributed by atoms with van der Waals surface area (Å²) < 4.78 is 1.03. The van der Waals surface area contributed by atoms with Crippen molar-refractivity contribution < 1.29 is 0 Å². The van der Waals surface area contributed by atoms with E-state index < -0.39 is 0 Å². The van der Waals surface area contributed by atoms with Crippen LogP contribution in [0.25, 0.3) is 10.7 Å². The molecule has 4 nitrogen and oxygen atoms in total. The van der Waals surface area contributed by atoms with E-state index in [1.54, 1.807) is 11.3 Å². The summed E-state index contributed by atoms with van der Waals surface area (Å²) in [6.45, 7) is 4.06. The van der Waals surface area contributed by atoms with E-state index in [9.17, 15) is 0 Å². The predicted molar refractivity (Wildman–Crippen MR) is 69.3 cm³/mol. The summed E-state index contributed by atoms with van der Waals surface area (Å²) in [6.07, 6.45) is 0. The van der Waals surface area contributed by atoms with Gasteiger partial charge in [-0.15, -0.1) is 11.3 Å².